The number of amides is 2. The number of benzene rings is 1. The van der Waals surface area contributed by atoms with Crippen LogP contribution < -0.4 is 10.2 Å². The van der Waals surface area contributed by atoms with E-state index in [1.54, 1.807) is 0 Å². The second-order valence-corrected chi connectivity index (χ2v) is 6.47. The van der Waals surface area contributed by atoms with Gasteiger partial charge in [0, 0.05) is 38.6 Å². The molecule has 21 heavy (non-hydrogen) atoms. The van der Waals surface area contributed by atoms with Crippen LogP contribution in [0.4, 0.5) is 16.2 Å². The minimum absolute atomic E-state index is 0.0156. The normalized spacial score (nSPS) is 15.5. The lowest BCUT2D eigenvalue weighted by atomic mass is 10.1. The molecule has 4 nitrogen and oxygen atoms in total. The molecule has 2 amide bonds. The van der Waals surface area contributed by atoms with Gasteiger partial charge in [-0.15, -0.1) is 0 Å². The Balaban J connectivity index is 2.13. The summed E-state index contributed by atoms with van der Waals surface area (Å²) in [5, 5.41) is 3.08. The largest absolute Gasteiger partial charge is 0.378 e. The minimum atomic E-state index is -0.0156. The molecular formula is C17H27N3O. The number of rotatable bonds is 4. The summed E-state index contributed by atoms with van der Waals surface area (Å²) in [6.07, 6.45) is 2.49. The molecule has 0 heterocycles. The van der Waals surface area contributed by atoms with Crippen molar-refractivity contribution in [2.24, 2.45) is 5.92 Å². The topological polar surface area (TPSA) is 35.6 Å². The molecule has 116 valence electrons. The number of hydrogen-bond acceptors (Lipinski definition) is 2. The molecule has 4 heteroatoms. The van der Waals surface area contributed by atoms with Crippen LogP contribution in [0.3, 0.4) is 0 Å². The number of hydrogen-bond donors (Lipinski definition) is 1. The van der Waals surface area contributed by atoms with Crippen LogP contribution in [-0.4, -0.2) is 38.1 Å². The second kappa shape index (κ2) is 5.96. The van der Waals surface area contributed by atoms with Crippen molar-refractivity contribution >= 4 is 17.4 Å². The van der Waals surface area contributed by atoms with Gasteiger partial charge in [0.1, 0.15) is 0 Å². The Kier molecular flexibility index (Phi) is 4.45. The van der Waals surface area contributed by atoms with Crippen molar-refractivity contribution in [3.05, 3.63) is 23.3 Å². The van der Waals surface area contributed by atoms with Gasteiger partial charge in [0.2, 0.25) is 0 Å². The monoisotopic (exact) mass is 289 g/mol. The molecule has 2 rings (SSSR count). The van der Waals surface area contributed by atoms with E-state index in [0.717, 1.165) is 22.5 Å². The number of aryl methyl sites for hydroxylation is 2. The third-order valence-corrected chi connectivity index (χ3v) is 4.50. The van der Waals surface area contributed by atoms with Crippen LogP contribution in [-0.2, 0) is 0 Å². The van der Waals surface area contributed by atoms with E-state index < -0.39 is 0 Å². The van der Waals surface area contributed by atoms with E-state index in [-0.39, 0.29) is 6.03 Å². The van der Waals surface area contributed by atoms with Crippen molar-refractivity contribution in [2.45, 2.75) is 39.7 Å². The van der Waals surface area contributed by atoms with Crippen molar-refractivity contribution in [3.8, 4) is 0 Å². The highest BCUT2D eigenvalue weighted by Crippen LogP contribution is 2.35. The molecular weight excluding hydrogens is 262 g/mol. The molecule has 0 radical (unpaired) electrons. The average Bonchev–Trinajstić information content (AvgIpc) is 3.24. The number of carbonyl (C=O) groups is 1. The van der Waals surface area contributed by atoms with Crippen molar-refractivity contribution in [3.63, 3.8) is 0 Å². The Morgan fingerprint density at radius 3 is 2.14 bits per heavy atom. The molecule has 1 N–H and O–H groups in total. The zero-order chi connectivity index (χ0) is 15.7. The zero-order valence-corrected chi connectivity index (χ0v) is 14.0. The highest BCUT2D eigenvalue weighted by Gasteiger charge is 2.32. The number of carbonyl (C=O) groups excluding carboxylic acids is 1. The van der Waals surface area contributed by atoms with Crippen molar-refractivity contribution in [2.75, 3.05) is 31.4 Å². The van der Waals surface area contributed by atoms with Gasteiger partial charge in [0.15, 0.2) is 0 Å². The summed E-state index contributed by atoms with van der Waals surface area (Å²) < 4.78 is 0. The van der Waals surface area contributed by atoms with Crippen LogP contribution in [0.25, 0.3) is 0 Å². The molecule has 1 aliphatic rings. The Morgan fingerprint density at radius 2 is 1.71 bits per heavy atom. The summed E-state index contributed by atoms with van der Waals surface area (Å²) in [4.78, 5) is 16.3. The van der Waals surface area contributed by atoms with Crippen LogP contribution in [0.5, 0.6) is 0 Å². The number of urea groups is 1. The lowest BCUT2D eigenvalue weighted by Gasteiger charge is -2.26. The van der Waals surface area contributed by atoms with E-state index in [2.05, 4.69) is 29.3 Å². The van der Waals surface area contributed by atoms with Gasteiger partial charge in [-0.2, -0.15) is 0 Å². The average molecular weight is 289 g/mol. The molecule has 0 aromatic heterocycles. The van der Waals surface area contributed by atoms with Crippen LogP contribution >= 0.6 is 0 Å². The third-order valence-electron chi connectivity index (χ3n) is 4.50. The molecule has 0 bridgehead atoms. The Morgan fingerprint density at radius 1 is 1.19 bits per heavy atom. The molecule has 1 fully saturated rings. The molecule has 1 aromatic rings. The van der Waals surface area contributed by atoms with Crippen LogP contribution in [0.2, 0.25) is 0 Å². The fourth-order valence-corrected chi connectivity index (χ4v) is 2.67. The second-order valence-electron chi connectivity index (χ2n) is 6.47. The van der Waals surface area contributed by atoms with Gasteiger partial charge in [0.05, 0.1) is 0 Å². The summed E-state index contributed by atoms with van der Waals surface area (Å²) in [5.74, 6) is 0.680. The quantitative estimate of drug-likeness (QED) is 0.918. The van der Waals surface area contributed by atoms with Crippen LogP contribution in [0.15, 0.2) is 12.1 Å². The lowest BCUT2D eigenvalue weighted by Crippen LogP contribution is -2.39. The van der Waals surface area contributed by atoms with Crippen molar-refractivity contribution in [1.29, 1.82) is 0 Å². The third kappa shape index (κ3) is 3.49. The molecule has 0 spiro atoms. The van der Waals surface area contributed by atoms with Gasteiger partial charge in [-0.3, -0.25) is 0 Å². The molecule has 0 saturated heterocycles. The fraction of sp³-hybridized carbons (Fsp3) is 0.588. The summed E-state index contributed by atoms with van der Waals surface area (Å²) in [6, 6.07) is 4.50. The van der Waals surface area contributed by atoms with E-state index in [4.69, 9.17) is 0 Å². The zero-order valence-electron chi connectivity index (χ0n) is 14.0. The van der Waals surface area contributed by atoms with E-state index in [0.29, 0.717) is 12.0 Å². The summed E-state index contributed by atoms with van der Waals surface area (Å²) >= 11 is 0. The van der Waals surface area contributed by atoms with E-state index in [9.17, 15) is 4.79 Å². The molecule has 1 aliphatic carbocycles. The molecule has 1 saturated carbocycles. The van der Waals surface area contributed by atoms with Gasteiger partial charge in [0.25, 0.3) is 0 Å². The predicted octanol–water partition coefficient (Wildman–Crippen LogP) is 3.63. The van der Waals surface area contributed by atoms with Gasteiger partial charge in [-0.1, -0.05) is 0 Å². The minimum Gasteiger partial charge on any atom is -0.378 e. The summed E-state index contributed by atoms with van der Waals surface area (Å²) in [5.41, 5.74) is 4.28. The highest BCUT2D eigenvalue weighted by atomic mass is 16.2. The van der Waals surface area contributed by atoms with Gasteiger partial charge in [-0.25, -0.2) is 4.79 Å². The predicted molar refractivity (Wildman–Crippen MR) is 89.2 cm³/mol. The van der Waals surface area contributed by atoms with Crippen molar-refractivity contribution < 1.29 is 4.79 Å². The van der Waals surface area contributed by atoms with Crippen LogP contribution in [0, 0.1) is 19.8 Å². The first-order valence-corrected chi connectivity index (χ1v) is 7.63. The smallest absolute Gasteiger partial charge is 0.321 e. The van der Waals surface area contributed by atoms with E-state index in [1.165, 1.54) is 12.8 Å². The van der Waals surface area contributed by atoms with E-state index in [1.807, 2.05) is 39.9 Å². The summed E-state index contributed by atoms with van der Waals surface area (Å²) in [7, 11) is 5.94. The Labute approximate surface area is 128 Å². The highest BCUT2D eigenvalue weighted by molar-refractivity contribution is 5.91. The maximum absolute atomic E-state index is 12.4. The molecule has 1 aromatic carbocycles. The maximum atomic E-state index is 12.4. The fourth-order valence-electron chi connectivity index (χ4n) is 2.67. The molecule has 0 aliphatic heterocycles. The number of nitrogens with one attached hydrogen (secondary N) is 1. The SMILES string of the molecule is Cc1cc(N(C)C)cc(C)c1NC(=O)N(C)[C@@H](C)C1CC1. The first-order chi connectivity index (χ1) is 9.81. The Hall–Kier alpha value is -1.71. The van der Waals surface area contributed by atoms with Crippen LogP contribution in [0.1, 0.15) is 30.9 Å². The molecule has 0 unspecified atom stereocenters. The number of nitrogens with zero attached hydrogens (tertiary/aromatic N) is 2. The van der Waals surface area contributed by atoms with E-state index >= 15 is 0 Å². The van der Waals surface area contributed by atoms with Gasteiger partial charge >= 0.3 is 6.03 Å². The van der Waals surface area contributed by atoms with Crippen molar-refractivity contribution in [1.82, 2.24) is 4.90 Å². The maximum Gasteiger partial charge on any atom is 0.321 e. The first-order valence-electron chi connectivity index (χ1n) is 7.63. The Bertz CT molecular complexity index is 512. The molecule has 1 atom stereocenters. The first kappa shape index (κ1) is 15.7. The van der Waals surface area contributed by atoms with Gasteiger partial charge in [-0.05, 0) is 62.8 Å². The van der Waals surface area contributed by atoms with Gasteiger partial charge < -0.3 is 15.1 Å². The lowest BCUT2D eigenvalue weighted by molar-refractivity contribution is 0.201. The summed E-state index contributed by atoms with van der Waals surface area (Å²) in [6.45, 7) is 6.21. The standard InChI is InChI=1S/C17H27N3O/c1-11-9-15(19(4)5)10-12(2)16(11)18-17(21)20(6)13(3)14-7-8-14/h9-10,13-14H,7-8H2,1-6H3,(H,18,21)/t13-/m0/s1. The number of anilines is 2.